The highest BCUT2D eigenvalue weighted by molar-refractivity contribution is 9.10. The van der Waals surface area contributed by atoms with Gasteiger partial charge in [-0.05, 0) is 46.6 Å². The topological polar surface area (TPSA) is 128 Å². The molecule has 1 aliphatic rings. The van der Waals surface area contributed by atoms with Crippen molar-refractivity contribution in [2.75, 3.05) is 30.5 Å². The summed E-state index contributed by atoms with van der Waals surface area (Å²) >= 11 is 9.44. The van der Waals surface area contributed by atoms with Gasteiger partial charge in [0, 0.05) is 29.2 Å². The molecule has 1 aliphatic heterocycles. The molecule has 1 heterocycles. The Morgan fingerprint density at radius 1 is 1.33 bits per heavy atom. The van der Waals surface area contributed by atoms with Gasteiger partial charge in [0.15, 0.2) is 6.61 Å². The van der Waals surface area contributed by atoms with Crippen LogP contribution in [0, 0.1) is 23.0 Å². The second-order valence-corrected chi connectivity index (χ2v) is 8.44. The summed E-state index contributed by atoms with van der Waals surface area (Å²) in [6.45, 7) is 1.20. The van der Waals surface area contributed by atoms with Gasteiger partial charge in [-0.15, -0.1) is 0 Å². The first-order valence-electron chi connectivity index (χ1n) is 9.66. The van der Waals surface area contributed by atoms with Crippen LogP contribution in [0.3, 0.4) is 0 Å². The minimum atomic E-state index is -0.797. The number of non-ortho nitro benzene ring substituents is 1. The average molecular weight is 541 g/mol. The van der Waals surface area contributed by atoms with Crippen molar-refractivity contribution in [3.63, 3.8) is 0 Å². The first-order chi connectivity index (χ1) is 15.6. The summed E-state index contributed by atoms with van der Waals surface area (Å²) in [5, 5.41) is 14.0. The van der Waals surface area contributed by atoms with Crippen LogP contribution in [0.25, 0.3) is 0 Å². The number of hydrogen-bond donors (Lipinski definition) is 1. The Labute approximate surface area is 202 Å². The summed E-state index contributed by atoms with van der Waals surface area (Å²) in [6.07, 6.45) is -0.123. The van der Waals surface area contributed by atoms with Crippen LogP contribution in [0.5, 0.6) is 5.75 Å². The second-order valence-electron chi connectivity index (χ2n) is 7.21. The van der Waals surface area contributed by atoms with E-state index >= 15 is 0 Å². The third kappa shape index (κ3) is 5.42. The van der Waals surface area contributed by atoms with Crippen LogP contribution in [0.2, 0.25) is 5.02 Å². The smallest absolute Gasteiger partial charge is 0.311 e. The number of rotatable bonds is 7. The van der Waals surface area contributed by atoms with Crippen molar-refractivity contribution in [2.24, 2.45) is 5.92 Å². The Morgan fingerprint density at radius 3 is 2.73 bits per heavy atom. The van der Waals surface area contributed by atoms with Crippen molar-refractivity contribution in [1.29, 1.82) is 0 Å². The van der Waals surface area contributed by atoms with Gasteiger partial charge in [-0.3, -0.25) is 24.5 Å². The molecule has 1 atom stereocenters. The molecule has 3 rings (SSSR count). The van der Waals surface area contributed by atoms with E-state index < -0.39 is 29.3 Å². The molecule has 12 heteroatoms. The van der Waals surface area contributed by atoms with E-state index in [4.69, 9.17) is 21.1 Å². The SMILES string of the molecule is COc1cc([N+](=O)[O-])ccc1N1C[C@@H](C(=O)OCC(=O)Nc2ccc(Br)c(Cl)c2C)CC1=O. The van der Waals surface area contributed by atoms with Crippen LogP contribution in [0.4, 0.5) is 17.1 Å². The first-order valence-corrected chi connectivity index (χ1v) is 10.8. The molecule has 2 aromatic carbocycles. The van der Waals surface area contributed by atoms with E-state index in [1.54, 1.807) is 19.1 Å². The summed E-state index contributed by atoms with van der Waals surface area (Å²) in [5.41, 5.74) is 1.26. The van der Waals surface area contributed by atoms with Gasteiger partial charge in [0.1, 0.15) is 5.75 Å². The number of methoxy groups -OCH3 is 1. The Bertz CT molecular complexity index is 1140. The van der Waals surface area contributed by atoms with Gasteiger partial charge in [-0.2, -0.15) is 0 Å². The van der Waals surface area contributed by atoms with Gasteiger partial charge < -0.3 is 19.7 Å². The zero-order valence-corrected chi connectivity index (χ0v) is 19.9. The Morgan fingerprint density at radius 2 is 2.06 bits per heavy atom. The molecule has 2 aromatic rings. The lowest BCUT2D eigenvalue weighted by Gasteiger charge is -2.19. The molecule has 33 heavy (non-hydrogen) atoms. The highest BCUT2D eigenvalue weighted by Crippen LogP contribution is 2.36. The predicted octanol–water partition coefficient (Wildman–Crippen LogP) is 3.86. The van der Waals surface area contributed by atoms with Gasteiger partial charge in [0.25, 0.3) is 11.6 Å². The molecule has 0 spiro atoms. The van der Waals surface area contributed by atoms with Gasteiger partial charge in [-0.1, -0.05) is 11.6 Å². The number of nitrogens with one attached hydrogen (secondary N) is 1. The number of nitro benzene ring substituents is 1. The number of hydrogen-bond acceptors (Lipinski definition) is 7. The maximum absolute atomic E-state index is 12.5. The van der Waals surface area contributed by atoms with E-state index in [1.807, 2.05) is 0 Å². The van der Waals surface area contributed by atoms with E-state index in [0.717, 1.165) is 0 Å². The number of esters is 1. The van der Waals surface area contributed by atoms with Crippen LogP contribution < -0.4 is 15.0 Å². The Kier molecular flexibility index (Phi) is 7.54. The fraction of sp³-hybridized carbons (Fsp3) is 0.286. The van der Waals surface area contributed by atoms with Crippen molar-refractivity contribution in [3.8, 4) is 5.75 Å². The van der Waals surface area contributed by atoms with Gasteiger partial charge in [0.2, 0.25) is 5.91 Å². The number of carbonyl (C=O) groups excluding carboxylic acids is 3. The van der Waals surface area contributed by atoms with Crippen molar-refractivity contribution in [2.45, 2.75) is 13.3 Å². The normalized spacial score (nSPS) is 15.3. The monoisotopic (exact) mass is 539 g/mol. The quantitative estimate of drug-likeness (QED) is 0.321. The summed E-state index contributed by atoms with van der Waals surface area (Å²) in [7, 11) is 1.33. The minimum Gasteiger partial charge on any atom is -0.494 e. The minimum absolute atomic E-state index is 0.00507. The molecule has 0 unspecified atom stereocenters. The molecule has 174 valence electrons. The largest absolute Gasteiger partial charge is 0.494 e. The number of nitrogens with zero attached hydrogens (tertiary/aromatic N) is 2. The molecule has 0 aromatic heterocycles. The molecule has 1 N–H and O–H groups in total. The van der Waals surface area contributed by atoms with E-state index in [0.29, 0.717) is 26.4 Å². The Hall–Kier alpha value is -3.18. The summed E-state index contributed by atoms with van der Waals surface area (Å²) in [5.74, 6) is -2.28. The summed E-state index contributed by atoms with van der Waals surface area (Å²) < 4.78 is 11.0. The van der Waals surface area contributed by atoms with Crippen LogP contribution in [-0.4, -0.2) is 43.0 Å². The molecule has 0 aliphatic carbocycles. The molecule has 1 saturated heterocycles. The molecule has 0 saturated carbocycles. The summed E-state index contributed by atoms with van der Waals surface area (Å²) in [4.78, 5) is 48.9. The average Bonchev–Trinajstić information content (AvgIpc) is 3.18. The Balaban J connectivity index is 1.61. The zero-order chi connectivity index (χ0) is 24.3. The second kappa shape index (κ2) is 10.2. The van der Waals surface area contributed by atoms with E-state index in [1.165, 1.54) is 30.2 Å². The van der Waals surface area contributed by atoms with Crippen molar-refractivity contribution in [1.82, 2.24) is 0 Å². The number of halogens is 2. The summed E-state index contributed by atoms with van der Waals surface area (Å²) in [6, 6.07) is 7.19. The zero-order valence-electron chi connectivity index (χ0n) is 17.6. The lowest BCUT2D eigenvalue weighted by Crippen LogP contribution is -2.28. The van der Waals surface area contributed by atoms with Crippen LogP contribution >= 0.6 is 27.5 Å². The fourth-order valence-corrected chi connectivity index (χ4v) is 3.92. The third-order valence-corrected chi connectivity index (χ3v) is 6.46. The molecule has 0 radical (unpaired) electrons. The standard InChI is InChI=1S/C21H19BrClN3O7/c1-11-15(5-4-14(22)20(11)23)24-18(27)10-33-21(29)12-7-19(28)25(9-12)16-6-3-13(26(30)31)8-17(16)32-2/h3-6,8,12H,7,9-10H2,1-2H3,(H,24,27)/t12-/m0/s1. The maximum Gasteiger partial charge on any atom is 0.311 e. The first kappa shape index (κ1) is 24.5. The molecular formula is C21H19BrClN3O7. The van der Waals surface area contributed by atoms with Gasteiger partial charge in [-0.25, -0.2) is 0 Å². The lowest BCUT2D eigenvalue weighted by atomic mass is 10.1. The van der Waals surface area contributed by atoms with Crippen LogP contribution in [0.1, 0.15) is 12.0 Å². The number of ether oxygens (including phenoxy) is 2. The number of anilines is 2. The predicted molar refractivity (Wildman–Crippen MR) is 124 cm³/mol. The van der Waals surface area contributed by atoms with Gasteiger partial charge >= 0.3 is 5.97 Å². The molecule has 1 fully saturated rings. The lowest BCUT2D eigenvalue weighted by molar-refractivity contribution is -0.384. The number of benzene rings is 2. The van der Waals surface area contributed by atoms with E-state index in [9.17, 15) is 24.5 Å². The van der Waals surface area contributed by atoms with Crippen molar-refractivity contribution >= 4 is 62.4 Å². The highest BCUT2D eigenvalue weighted by Gasteiger charge is 2.37. The van der Waals surface area contributed by atoms with Crippen LogP contribution in [-0.2, 0) is 19.1 Å². The van der Waals surface area contributed by atoms with E-state index in [-0.39, 0.29) is 30.3 Å². The molecular weight excluding hydrogens is 522 g/mol. The van der Waals surface area contributed by atoms with Crippen molar-refractivity contribution < 1.29 is 28.8 Å². The number of nitro groups is 1. The fourth-order valence-electron chi connectivity index (χ4n) is 3.33. The van der Waals surface area contributed by atoms with Gasteiger partial charge in [0.05, 0.1) is 34.7 Å². The van der Waals surface area contributed by atoms with E-state index in [2.05, 4.69) is 21.2 Å². The third-order valence-electron chi connectivity index (χ3n) is 5.08. The number of carbonyl (C=O) groups is 3. The molecule has 2 amide bonds. The molecule has 10 nitrogen and oxygen atoms in total. The number of amides is 2. The highest BCUT2D eigenvalue weighted by atomic mass is 79.9. The van der Waals surface area contributed by atoms with Crippen LogP contribution in [0.15, 0.2) is 34.8 Å². The molecule has 0 bridgehead atoms. The maximum atomic E-state index is 12.5. The van der Waals surface area contributed by atoms with Crippen molar-refractivity contribution in [3.05, 3.63) is 55.5 Å².